The van der Waals surface area contributed by atoms with Crippen molar-refractivity contribution in [3.8, 4) is 5.75 Å². The summed E-state index contributed by atoms with van der Waals surface area (Å²) in [6.45, 7) is 1.65. The Morgan fingerprint density at radius 2 is 1.97 bits per heavy atom. The van der Waals surface area contributed by atoms with Crippen molar-refractivity contribution >= 4 is 11.8 Å². The lowest BCUT2D eigenvalue weighted by atomic mass is 9.95. The van der Waals surface area contributed by atoms with Gasteiger partial charge in [-0.3, -0.25) is 9.59 Å². The molecule has 7 nitrogen and oxygen atoms in total. The van der Waals surface area contributed by atoms with Gasteiger partial charge in [0.05, 0.1) is 25.0 Å². The van der Waals surface area contributed by atoms with Crippen LogP contribution >= 0.6 is 0 Å². The number of likely N-dealkylation sites (tertiary alicyclic amines) is 1. The standard InChI is InChI=1S/C22H29N3O4/c1-24(2)19(18-6-4-5-7-20(18)28-3)14-23-21(26)16-8-11-25(12-9-16)22(27)17-10-13-29-15-17/h4-7,10,13,15-16,19H,8-9,11-12,14H2,1-3H3,(H,23,26)/t19-/m1/s1. The molecule has 1 N–H and O–H groups in total. The number of furan rings is 1. The maximum Gasteiger partial charge on any atom is 0.257 e. The van der Waals surface area contributed by atoms with Crippen LogP contribution in [0.3, 0.4) is 0 Å². The molecule has 3 rings (SSSR count). The molecule has 1 aliphatic rings. The SMILES string of the molecule is COc1ccccc1[C@@H](CNC(=O)C1CCN(C(=O)c2ccoc2)CC1)N(C)C. The maximum atomic E-state index is 12.7. The maximum absolute atomic E-state index is 12.7. The zero-order valence-electron chi connectivity index (χ0n) is 17.3. The van der Waals surface area contributed by atoms with Crippen LogP contribution in [0.15, 0.2) is 47.3 Å². The van der Waals surface area contributed by atoms with Gasteiger partial charge in [0.15, 0.2) is 0 Å². The highest BCUT2D eigenvalue weighted by molar-refractivity contribution is 5.94. The lowest BCUT2D eigenvalue weighted by Gasteiger charge is -2.32. The zero-order chi connectivity index (χ0) is 20.8. The molecule has 0 spiro atoms. The molecule has 1 atom stereocenters. The lowest BCUT2D eigenvalue weighted by molar-refractivity contribution is -0.126. The number of para-hydroxylation sites is 1. The summed E-state index contributed by atoms with van der Waals surface area (Å²) in [6.07, 6.45) is 4.28. The van der Waals surface area contributed by atoms with E-state index in [0.717, 1.165) is 11.3 Å². The van der Waals surface area contributed by atoms with Crippen LogP contribution in [0.4, 0.5) is 0 Å². The van der Waals surface area contributed by atoms with Crippen molar-refractivity contribution in [3.05, 3.63) is 54.0 Å². The van der Waals surface area contributed by atoms with E-state index in [0.29, 0.717) is 38.0 Å². The number of ether oxygens (including phenoxy) is 1. The molecule has 1 aromatic heterocycles. The fourth-order valence-corrected chi connectivity index (χ4v) is 3.77. The van der Waals surface area contributed by atoms with Crippen molar-refractivity contribution in [2.24, 2.45) is 5.92 Å². The fourth-order valence-electron chi connectivity index (χ4n) is 3.77. The smallest absolute Gasteiger partial charge is 0.257 e. The van der Waals surface area contributed by atoms with Crippen molar-refractivity contribution in [3.63, 3.8) is 0 Å². The molecule has 2 amide bonds. The van der Waals surface area contributed by atoms with E-state index in [-0.39, 0.29) is 23.8 Å². The van der Waals surface area contributed by atoms with Crippen LogP contribution in [-0.2, 0) is 4.79 Å². The second-order valence-electron chi connectivity index (χ2n) is 7.55. The van der Waals surface area contributed by atoms with Gasteiger partial charge < -0.3 is 24.3 Å². The Morgan fingerprint density at radius 3 is 2.59 bits per heavy atom. The van der Waals surface area contributed by atoms with Crippen LogP contribution < -0.4 is 10.1 Å². The van der Waals surface area contributed by atoms with Crippen molar-refractivity contribution in [2.75, 3.05) is 40.8 Å². The first-order valence-corrected chi connectivity index (χ1v) is 9.89. The van der Waals surface area contributed by atoms with Crippen LogP contribution in [0.2, 0.25) is 0 Å². The molecule has 2 heterocycles. The molecule has 0 aliphatic carbocycles. The minimum Gasteiger partial charge on any atom is -0.496 e. The van der Waals surface area contributed by atoms with E-state index < -0.39 is 0 Å². The third-order valence-electron chi connectivity index (χ3n) is 5.51. The second kappa shape index (κ2) is 9.60. The number of hydrogen-bond acceptors (Lipinski definition) is 5. The first kappa shape index (κ1) is 20.9. The minimum atomic E-state index is -0.0797. The molecule has 2 aromatic rings. The summed E-state index contributed by atoms with van der Waals surface area (Å²) in [6, 6.07) is 9.55. The van der Waals surface area contributed by atoms with Gasteiger partial charge in [-0.1, -0.05) is 18.2 Å². The summed E-state index contributed by atoms with van der Waals surface area (Å²) in [7, 11) is 5.63. The number of carbonyl (C=O) groups excluding carboxylic acids is 2. The van der Waals surface area contributed by atoms with Crippen molar-refractivity contribution in [2.45, 2.75) is 18.9 Å². The Bertz CT molecular complexity index is 811. The number of rotatable bonds is 7. The van der Waals surface area contributed by atoms with Crippen LogP contribution in [0.5, 0.6) is 5.75 Å². The van der Waals surface area contributed by atoms with Crippen LogP contribution in [0.25, 0.3) is 0 Å². The number of nitrogens with one attached hydrogen (secondary N) is 1. The molecule has 1 saturated heterocycles. The van der Waals surface area contributed by atoms with Crippen LogP contribution in [-0.4, -0.2) is 62.5 Å². The van der Waals surface area contributed by atoms with E-state index in [1.165, 1.54) is 12.5 Å². The molecular weight excluding hydrogens is 370 g/mol. The van der Waals surface area contributed by atoms with Gasteiger partial charge in [0.25, 0.3) is 5.91 Å². The Labute approximate surface area is 171 Å². The molecule has 156 valence electrons. The number of hydrogen-bond donors (Lipinski definition) is 1. The summed E-state index contributed by atoms with van der Waals surface area (Å²) in [5, 5.41) is 3.10. The third-order valence-corrected chi connectivity index (χ3v) is 5.51. The molecule has 0 saturated carbocycles. The highest BCUT2D eigenvalue weighted by atomic mass is 16.5. The number of benzene rings is 1. The average Bonchev–Trinajstić information content (AvgIpc) is 3.28. The Kier molecular flexibility index (Phi) is 6.93. The molecule has 1 aliphatic heterocycles. The number of likely N-dealkylation sites (N-methyl/N-ethyl adjacent to an activating group) is 1. The predicted molar refractivity (Wildman–Crippen MR) is 110 cm³/mol. The molecule has 1 aromatic carbocycles. The zero-order valence-corrected chi connectivity index (χ0v) is 17.3. The first-order valence-electron chi connectivity index (χ1n) is 9.89. The summed E-state index contributed by atoms with van der Waals surface area (Å²) in [5.41, 5.74) is 1.60. The molecule has 29 heavy (non-hydrogen) atoms. The van der Waals surface area contributed by atoms with Gasteiger partial charge in [0.2, 0.25) is 5.91 Å². The largest absolute Gasteiger partial charge is 0.496 e. The van der Waals surface area contributed by atoms with Gasteiger partial charge in [0.1, 0.15) is 12.0 Å². The summed E-state index contributed by atoms with van der Waals surface area (Å²) in [4.78, 5) is 29.0. The van der Waals surface area contributed by atoms with Gasteiger partial charge >= 0.3 is 0 Å². The predicted octanol–water partition coefficient (Wildman–Crippen LogP) is 2.56. The number of carbonyl (C=O) groups is 2. The van der Waals surface area contributed by atoms with Crippen LogP contribution in [0.1, 0.15) is 34.8 Å². The van der Waals surface area contributed by atoms with E-state index in [9.17, 15) is 9.59 Å². The van der Waals surface area contributed by atoms with E-state index in [1.54, 1.807) is 18.1 Å². The fraction of sp³-hybridized carbons (Fsp3) is 0.455. The quantitative estimate of drug-likeness (QED) is 0.775. The van der Waals surface area contributed by atoms with Gasteiger partial charge in [-0.05, 0) is 39.1 Å². The van der Waals surface area contributed by atoms with Gasteiger partial charge in [-0.15, -0.1) is 0 Å². The molecular formula is C22H29N3O4. The van der Waals surface area contributed by atoms with E-state index in [2.05, 4.69) is 10.2 Å². The summed E-state index contributed by atoms with van der Waals surface area (Å²) < 4.78 is 10.5. The molecule has 7 heteroatoms. The Morgan fingerprint density at radius 1 is 1.24 bits per heavy atom. The number of nitrogens with zero attached hydrogens (tertiary/aromatic N) is 2. The average molecular weight is 399 g/mol. The van der Waals surface area contributed by atoms with E-state index >= 15 is 0 Å². The monoisotopic (exact) mass is 399 g/mol. The molecule has 1 fully saturated rings. The summed E-state index contributed by atoms with van der Waals surface area (Å²) in [5.74, 6) is 0.735. The second-order valence-corrected chi connectivity index (χ2v) is 7.55. The van der Waals surface area contributed by atoms with Gasteiger partial charge in [-0.25, -0.2) is 0 Å². The van der Waals surface area contributed by atoms with Crippen molar-refractivity contribution in [1.82, 2.24) is 15.1 Å². The third kappa shape index (κ3) is 4.98. The number of piperidine rings is 1. The Balaban J connectivity index is 1.54. The number of amides is 2. The minimum absolute atomic E-state index is 0.0119. The molecule has 0 bridgehead atoms. The number of methoxy groups -OCH3 is 1. The van der Waals surface area contributed by atoms with Gasteiger partial charge in [-0.2, -0.15) is 0 Å². The normalized spacial score (nSPS) is 15.9. The van der Waals surface area contributed by atoms with E-state index in [1.807, 2.05) is 38.4 Å². The molecule has 0 unspecified atom stereocenters. The Hall–Kier alpha value is -2.80. The highest BCUT2D eigenvalue weighted by Crippen LogP contribution is 2.27. The van der Waals surface area contributed by atoms with Crippen molar-refractivity contribution < 1.29 is 18.7 Å². The first-order chi connectivity index (χ1) is 14.0. The van der Waals surface area contributed by atoms with E-state index in [4.69, 9.17) is 9.15 Å². The summed E-state index contributed by atoms with van der Waals surface area (Å²) >= 11 is 0. The molecule has 0 radical (unpaired) electrons. The topological polar surface area (TPSA) is 75.0 Å². The van der Waals surface area contributed by atoms with Gasteiger partial charge in [0, 0.05) is 31.1 Å². The van der Waals surface area contributed by atoms with Crippen molar-refractivity contribution in [1.29, 1.82) is 0 Å². The van der Waals surface area contributed by atoms with Crippen LogP contribution in [0, 0.1) is 5.92 Å². The lowest BCUT2D eigenvalue weighted by Crippen LogP contribution is -2.44. The highest BCUT2D eigenvalue weighted by Gasteiger charge is 2.29.